The Hall–Kier alpha value is -2.37. The molecule has 0 saturated heterocycles. The molecule has 0 bridgehead atoms. The van der Waals surface area contributed by atoms with Crippen LogP contribution in [-0.2, 0) is 9.59 Å². The van der Waals surface area contributed by atoms with E-state index in [4.69, 9.17) is 9.84 Å². The van der Waals surface area contributed by atoms with Crippen LogP contribution in [0.1, 0.15) is 5.69 Å². The van der Waals surface area contributed by atoms with Gasteiger partial charge in [0.25, 0.3) is 5.91 Å². The lowest BCUT2D eigenvalue weighted by molar-refractivity contribution is -0.131. The first kappa shape index (κ1) is 13.7. The van der Waals surface area contributed by atoms with Crippen LogP contribution < -0.4 is 4.74 Å². The van der Waals surface area contributed by atoms with Gasteiger partial charge >= 0.3 is 5.97 Å². The van der Waals surface area contributed by atoms with Gasteiger partial charge in [-0.1, -0.05) is 0 Å². The summed E-state index contributed by atoms with van der Waals surface area (Å²) in [6.45, 7) is -0.0566. The van der Waals surface area contributed by atoms with E-state index in [0.29, 0.717) is 11.4 Å². The van der Waals surface area contributed by atoms with E-state index in [1.54, 1.807) is 26.2 Å². The van der Waals surface area contributed by atoms with E-state index >= 15 is 0 Å². The van der Waals surface area contributed by atoms with Gasteiger partial charge in [-0.2, -0.15) is 0 Å². The summed E-state index contributed by atoms with van der Waals surface area (Å²) in [4.78, 5) is 27.0. The highest BCUT2D eigenvalue weighted by atomic mass is 16.5. The molecule has 1 aromatic heterocycles. The van der Waals surface area contributed by atoms with Crippen molar-refractivity contribution in [2.24, 2.45) is 0 Å². The first-order valence-electron chi connectivity index (χ1n) is 5.19. The molecule has 1 N–H and O–H groups in total. The van der Waals surface area contributed by atoms with Gasteiger partial charge < -0.3 is 14.7 Å². The standard InChI is InChI=1S/C12H14N2O4/c1-14(2)11(15)8-18-10-5-3-9(13-7-10)4-6-12(16)17/h3-7H,8H2,1-2H3,(H,16,17). The van der Waals surface area contributed by atoms with E-state index < -0.39 is 5.97 Å². The van der Waals surface area contributed by atoms with Gasteiger partial charge in [-0.3, -0.25) is 9.78 Å². The number of carbonyl (C=O) groups excluding carboxylic acids is 1. The number of carbonyl (C=O) groups is 2. The molecule has 0 unspecified atom stereocenters. The molecule has 0 radical (unpaired) electrons. The number of amides is 1. The highest BCUT2D eigenvalue weighted by Gasteiger charge is 2.04. The van der Waals surface area contributed by atoms with Gasteiger partial charge in [-0.25, -0.2) is 4.79 Å². The number of aromatic nitrogens is 1. The summed E-state index contributed by atoms with van der Waals surface area (Å²) in [5.41, 5.74) is 0.503. The van der Waals surface area contributed by atoms with Gasteiger partial charge in [-0.05, 0) is 18.2 Å². The minimum atomic E-state index is -1.03. The van der Waals surface area contributed by atoms with E-state index in [9.17, 15) is 9.59 Å². The quantitative estimate of drug-likeness (QED) is 0.776. The van der Waals surface area contributed by atoms with Crippen molar-refractivity contribution in [3.8, 4) is 5.75 Å². The normalized spacial score (nSPS) is 10.3. The molecule has 0 aromatic carbocycles. The Balaban J connectivity index is 2.55. The lowest BCUT2D eigenvalue weighted by atomic mass is 10.3. The number of hydrogen-bond acceptors (Lipinski definition) is 4. The molecular formula is C12H14N2O4. The third kappa shape index (κ3) is 4.65. The van der Waals surface area contributed by atoms with Crippen LogP contribution in [-0.4, -0.2) is 47.6 Å². The van der Waals surface area contributed by atoms with Gasteiger partial charge in [0.1, 0.15) is 5.75 Å². The summed E-state index contributed by atoms with van der Waals surface area (Å²) >= 11 is 0. The third-order valence-corrected chi connectivity index (χ3v) is 2.02. The van der Waals surface area contributed by atoms with Crippen LogP contribution >= 0.6 is 0 Å². The maximum atomic E-state index is 11.3. The van der Waals surface area contributed by atoms with E-state index in [0.717, 1.165) is 6.08 Å². The molecule has 0 saturated carbocycles. The first-order chi connectivity index (χ1) is 8.49. The zero-order chi connectivity index (χ0) is 13.5. The van der Waals surface area contributed by atoms with Crippen molar-refractivity contribution in [1.29, 1.82) is 0 Å². The molecule has 1 aromatic rings. The van der Waals surface area contributed by atoms with Crippen molar-refractivity contribution in [2.75, 3.05) is 20.7 Å². The molecule has 0 atom stereocenters. The number of hydrogen-bond donors (Lipinski definition) is 1. The predicted molar refractivity (Wildman–Crippen MR) is 65.1 cm³/mol. The average Bonchev–Trinajstić information content (AvgIpc) is 2.34. The van der Waals surface area contributed by atoms with E-state index in [1.165, 1.54) is 17.2 Å². The molecular weight excluding hydrogens is 236 g/mol. The Morgan fingerprint density at radius 3 is 2.67 bits per heavy atom. The molecule has 0 aliphatic rings. The average molecular weight is 250 g/mol. The summed E-state index contributed by atoms with van der Waals surface area (Å²) in [7, 11) is 3.29. The van der Waals surface area contributed by atoms with Crippen LogP contribution in [0.25, 0.3) is 6.08 Å². The predicted octanol–water partition coefficient (Wildman–Crippen LogP) is 0.646. The fourth-order valence-electron chi connectivity index (χ4n) is 1.01. The largest absolute Gasteiger partial charge is 0.482 e. The third-order valence-electron chi connectivity index (χ3n) is 2.02. The molecule has 96 valence electrons. The van der Waals surface area contributed by atoms with Crippen LogP contribution in [0.2, 0.25) is 0 Å². The lowest BCUT2D eigenvalue weighted by Gasteiger charge is -2.10. The molecule has 6 heteroatoms. The lowest BCUT2D eigenvalue weighted by Crippen LogP contribution is -2.27. The number of carboxylic acids is 1. The Morgan fingerprint density at radius 2 is 2.17 bits per heavy atom. The molecule has 18 heavy (non-hydrogen) atoms. The second-order valence-corrected chi connectivity index (χ2v) is 3.67. The van der Waals surface area contributed by atoms with Crippen LogP contribution in [0.5, 0.6) is 5.75 Å². The van der Waals surface area contributed by atoms with Gasteiger partial charge in [0.2, 0.25) is 0 Å². The molecule has 0 aliphatic carbocycles. The SMILES string of the molecule is CN(C)C(=O)COc1ccc(C=CC(=O)O)nc1. The Labute approximate surface area is 105 Å². The number of pyridine rings is 1. The van der Waals surface area contributed by atoms with Gasteiger partial charge in [0.05, 0.1) is 11.9 Å². The summed E-state index contributed by atoms with van der Waals surface area (Å²) in [5.74, 6) is -0.726. The smallest absolute Gasteiger partial charge is 0.328 e. The maximum Gasteiger partial charge on any atom is 0.328 e. The topological polar surface area (TPSA) is 79.7 Å². The van der Waals surface area contributed by atoms with Crippen molar-refractivity contribution < 1.29 is 19.4 Å². The van der Waals surface area contributed by atoms with Gasteiger partial charge in [-0.15, -0.1) is 0 Å². The minimum absolute atomic E-state index is 0.0566. The van der Waals surface area contributed by atoms with E-state index in [1.807, 2.05) is 0 Å². The Bertz CT molecular complexity index is 452. The number of carboxylic acid groups (broad SMARTS) is 1. The molecule has 6 nitrogen and oxygen atoms in total. The first-order valence-corrected chi connectivity index (χ1v) is 5.19. The summed E-state index contributed by atoms with van der Waals surface area (Å²) < 4.78 is 5.22. The van der Waals surface area contributed by atoms with Crippen LogP contribution in [0, 0.1) is 0 Å². The van der Waals surface area contributed by atoms with Crippen molar-refractivity contribution in [3.63, 3.8) is 0 Å². The molecule has 0 spiro atoms. The highest BCUT2D eigenvalue weighted by molar-refractivity contribution is 5.84. The number of likely N-dealkylation sites (N-methyl/N-ethyl adjacent to an activating group) is 1. The number of nitrogens with zero attached hydrogens (tertiary/aromatic N) is 2. The summed E-state index contributed by atoms with van der Waals surface area (Å²) in [6.07, 6.45) is 3.81. The van der Waals surface area contributed by atoms with Crippen molar-refractivity contribution in [1.82, 2.24) is 9.88 Å². The zero-order valence-corrected chi connectivity index (χ0v) is 10.2. The molecule has 1 amide bonds. The molecule has 1 rings (SSSR count). The second kappa shape index (κ2) is 6.39. The van der Waals surface area contributed by atoms with Crippen molar-refractivity contribution in [3.05, 3.63) is 30.1 Å². The Morgan fingerprint density at radius 1 is 1.44 bits per heavy atom. The van der Waals surface area contributed by atoms with Crippen molar-refractivity contribution in [2.45, 2.75) is 0 Å². The minimum Gasteiger partial charge on any atom is -0.482 e. The van der Waals surface area contributed by atoms with Gasteiger partial charge in [0, 0.05) is 20.2 Å². The van der Waals surface area contributed by atoms with E-state index in [2.05, 4.69) is 4.98 Å². The van der Waals surface area contributed by atoms with E-state index in [-0.39, 0.29) is 12.5 Å². The van der Waals surface area contributed by atoms with Crippen LogP contribution in [0.15, 0.2) is 24.4 Å². The highest BCUT2D eigenvalue weighted by Crippen LogP contribution is 2.10. The summed E-state index contributed by atoms with van der Waals surface area (Å²) in [5, 5.41) is 8.45. The Kier molecular flexibility index (Phi) is 4.86. The number of rotatable bonds is 5. The molecule has 0 fully saturated rings. The van der Waals surface area contributed by atoms with Crippen molar-refractivity contribution >= 4 is 18.0 Å². The fraction of sp³-hybridized carbons (Fsp3) is 0.250. The maximum absolute atomic E-state index is 11.3. The number of ether oxygens (including phenoxy) is 1. The summed E-state index contributed by atoms with van der Waals surface area (Å²) in [6, 6.07) is 3.23. The second-order valence-electron chi connectivity index (χ2n) is 3.67. The number of aliphatic carboxylic acids is 1. The van der Waals surface area contributed by atoms with Crippen LogP contribution in [0.4, 0.5) is 0 Å². The zero-order valence-electron chi connectivity index (χ0n) is 10.2. The monoisotopic (exact) mass is 250 g/mol. The molecule has 1 heterocycles. The van der Waals surface area contributed by atoms with Gasteiger partial charge in [0.15, 0.2) is 6.61 Å². The molecule has 0 aliphatic heterocycles. The van der Waals surface area contributed by atoms with Crippen LogP contribution in [0.3, 0.4) is 0 Å². The fourth-order valence-corrected chi connectivity index (χ4v) is 1.01.